The van der Waals surface area contributed by atoms with Crippen LogP contribution in [0.3, 0.4) is 0 Å². The Bertz CT molecular complexity index is 601. The Kier molecular flexibility index (Phi) is 5.24. The summed E-state index contributed by atoms with van der Waals surface area (Å²) in [4.78, 5) is 11.6. The lowest BCUT2D eigenvalue weighted by atomic mass is 10.2. The predicted octanol–water partition coefficient (Wildman–Crippen LogP) is 0.938. The summed E-state index contributed by atoms with van der Waals surface area (Å²) in [6.07, 6.45) is 1.89. The second kappa shape index (κ2) is 6.29. The molecule has 104 valence electrons. The molecule has 1 aromatic carbocycles. The summed E-state index contributed by atoms with van der Waals surface area (Å²) in [5.74, 6) is -0.385. The molecule has 1 unspecified atom stereocenters. The van der Waals surface area contributed by atoms with Crippen molar-refractivity contribution in [2.45, 2.75) is 17.4 Å². The zero-order valence-corrected chi connectivity index (χ0v) is 12.4. The van der Waals surface area contributed by atoms with Gasteiger partial charge in [0.15, 0.2) is 0 Å². The van der Waals surface area contributed by atoms with Gasteiger partial charge in [-0.1, -0.05) is 6.08 Å². The topological polar surface area (TPSA) is 115 Å². The Balaban J connectivity index is 2.92. The van der Waals surface area contributed by atoms with Gasteiger partial charge in [-0.05, 0) is 40.5 Å². The first-order chi connectivity index (χ1) is 8.75. The minimum absolute atomic E-state index is 0.0484. The first-order valence-electron chi connectivity index (χ1n) is 5.25. The molecule has 1 rings (SSSR count). The molecule has 0 bridgehead atoms. The zero-order valence-electron chi connectivity index (χ0n) is 9.97. The summed E-state index contributed by atoms with van der Waals surface area (Å²) >= 11 is 3.16. The lowest BCUT2D eigenvalue weighted by molar-refractivity contribution is -0.117. The SMILES string of the molecule is C=CCC(N)C(=O)Nc1ccc(S(N)(=O)=O)cc1Br. The maximum absolute atomic E-state index is 11.7. The zero-order chi connectivity index (χ0) is 14.6. The standard InChI is InChI=1S/C11H14BrN3O3S/c1-2-3-9(13)11(16)15-10-5-4-7(6-8(10)12)19(14,17)18/h2,4-6,9H,1,3,13H2,(H,15,16)(H2,14,17,18). The Morgan fingerprint density at radius 2 is 2.16 bits per heavy atom. The van der Waals surface area contributed by atoms with E-state index in [0.29, 0.717) is 16.6 Å². The molecule has 19 heavy (non-hydrogen) atoms. The minimum atomic E-state index is -3.78. The second-order valence-corrected chi connectivity index (χ2v) is 6.22. The molecule has 8 heteroatoms. The van der Waals surface area contributed by atoms with Crippen LogP contribution in [0.2, 0.25) is 0 Å². The lowest BCUT2D eigenvalue weighted by Crippen LogP contribution is -2.35. The van der Waals surface area contributed by atoms with Crippen LogP contribution in [0.25, 0.3) is 0 Å². The number of halogens is 1. The number of amides is 1. The lowest BCUT2D eigenvalue weighted by Gasteiger charge is -2.12. The van der Waals surface area contributed by atoms with Crippen LogP contribution in [0, 0.1) is 0 Å². The van der Waals surface area contributed by atoms with Crippen molar-refractivity contribution < 1.29 is 13.2 Å². The van der Waals surface area contributed by atoms with Gasteiger partial charge < -0.3 is 11.1 Å². The number of hydrogen-bond donors (Lipinski definition) is 3. The quantitative estimate of drug-likeness (QED) is 0.687. The van der Waals surface area contributed by atoms with Crippen molar-refractivity contribution in [1.29, 1.82) is 0 Å². The molecule has 5 N–H and O–H groups in total. The highest BCUT2D eigenvalue weighted by atomic mass is 79.9. The Morgan fingerprint density at radius 3 is 2.63 bits per heavy atom. The van der Waals surface area contributed by atoms with Crippen LogP contribution in [-0.2, 0) is 14.8 Å². The van der Waals surface area contributed by atoms with Crippen LogP contribution in [0.1, 0.15) is 6.42 Å². The second-order valence-electron chi connectivity index (χ2n) is 3.81. The van der Waals surface area contributed by atoms with Gasteiger partial charge in [-0.15, -0.1) is 6.58 Å². The molecule has 0 aliphatic heterocycles. The van der Waals surface area contributed by atoms with Gasteiger partial charge in [0.05, 0.1) is 16.6 Å². The molecule has 1 atom stereocenters. The van der Waals surface area contributed by atoms with E-state index in [9.17, 15) is 13.2 Å². The van der Waals surface area contributed by atoms with E-state index in [1.54, 1.807) is 6.08 Å². The third-order valence-corrected chi connectivity index (χ3v) is 3.85. The van der Waals surface area contributed by atoms with Crippen LogP contribution >= 0.6 is 15.9 Å². The third-order valence-electron chi connectivity index (χ3n) is 2.28. The van der Waals surface area contributed by atoms with E-state index in [-0.39, 0.29) is 10.8 Å². The maximum Gasteiger partial charge on any atom is 0.241 e. The van der Waals surface area contributed by atoms with Gasteiger partial charge >= 0.3 is 0 Å². The van der Waals surface area contributed by atoms with Crippen LogP contribution in [0.4, 0.5) is 5.69 Å². The summed E-state index contributed by atoms with van der Waals surface area (Å²) in [7, 11) is -3.78. The first kappa shape index (κ1) is 15.8. The average Bonchev–Trinajstić information content (AvgIpc) is 2.30. The summed E-state index contributed by atoms with van der Waals surface area (Å²) in [5, 5.41) is 7.58. The molecule has 1 aromatic rings. The summed E-state index contributed by atoms with van der Waals surface area (Å²) < 4.78 is 22.7. The molecule has 0 heterocycles. The summed E-state index contributed by atoms with van der Waals surface area (Å²) in [6.45, 7) is 3.50. The van der Waals surface area contributed by atoms with Crippen LogP contribution in [0.15, 0.2) is 40.2 Å². The Morgan fingerprint density at radius 1 is 1.53 bits per heavy atom. The van der Waals surface area contributed by atoms with Crippen LogP contribution < -0.4 is 16.2 Å². The number of anilines is 1. The summed E-state index contributed by atoms with van der Waals surface area (Å²) in [6, 6.07) is 3.34. The Hall–Kier alpha value is -1.22. The number of rotatable bonds is 5. The van der Waals surface area contributed by atoms with Gasteiger partial charge in [0.1, 0.15) is 0 Å². The van der Waals surface area contributed by atoms with E-state index in [0.717, 1.165) is 0 Å². The van der Waals surface area contributed by atoms with Gasteiger partial charge in [0, 0.05) is 4.47 Å². The normalized spacial score (nSPS) is 12.8. The van der Waals surface area contributed by atoms with E-state index in [1.807, 2.05) is 0 Å². The number of primary sulfonamides is 1. The van der Waals surface area contributed by atoms with E-state index in [4.69, 9.17) is 10.9 Å². The van der Waals surface area contributed by atoms with Crippen LogP contribution in [0.5, 0.6) is 0 Å². The highest BCUT2D eigenvalue weighted by Gasteiger charge is 2.15. The number of nitrogens with one attached hydrogen (secondary N) is 1. The van der Waals surface area contributed by atoms with Gasteiger partial charge in [-0.2, -0.15) is 0 Å². The van der Waals surface area contributed by atoms with Gasteiger partial charge in [0.2, 0.25) is 15.9 Å². The largest absolute Gasteiger partial charge is 0.324 e. The molecule has 0 aliphatic rings. The van der Waals surface area contributed by atoms with E-state index < -0.39 is 16.1 Å². The molecule has 0 aliphatic carbocycles. The molecule has 0 radical (unpaired) electrons. The highest BCUT2D eigenvalue weighted by Crippen LogP contribution is 2.25. The fourth-order valence-corrected chi connectivity index (χ4v) is 2.46. The molecular weight excluding hydrogens is 334 g/mol. The molecule has 0 fully saturated rings. The molecule has 0 aromatic heterocycles. The minimum Gasteiger partial charge on any atom is -0.324 e. The number of nitrogens with two attached hydrogens (primary N) is 2. The van der Waals surface area contributed by atoms with Crippen LogP contribution in [-0.4, -0.2) is 20.4 Å². The smallest absolute Gasteiger partial charge is 0.241 e. The van der Waals surface area contributed by atoms with Crippen molar-refractivity contribution in [3.63, 3.8) is 0 Å². The van der Waals surface area contributed by atoms with Gasteiger partial charge in [0.25, 0.3) is 0 Å². The number of carbonyl (C=O) groups excluding carboxylic acids is 1. The van der Waals surface area contributed by atoms with Crippen molar-refractivity contribution in [2.24, 2.45) is 10.9 Å². The van der Waals surface area contributed by atoms with Crippen molar-refractivity contribution in [3.05, 3.63) is 35.3 Å². The number of benzene rings is 1. The van der Waals surface area contributed by atoms with Crippen molar-refractivity contribution in [2.75, 3.05) is 5.32 Å². The number of hydrogen-bond acceptors (Lipinski definition) is 4. The molecule has 6 nitrogen and oxygen atoms in total. The van der Waals surface area contributed by atoms with Crippen molar-refractivity contribution in [3.8, 4) is 0 Å². The molecular formula is C11H14BrN3O3S. The molecule has 0 saturated carbocycles. The van der Waals surface area contributed by atoms with E-state index in [1.165, 1.54) is 18.2 Å². The monoisotopic (exact) mass is 347 g/mol. The first-order valence-corrected chi connectivity index (χ1v) is 7.59. The third kappa shape index (κ3) is 4.43. The van der Waals surface area contributed by atoms with E-state index in [2.05, 4.69) is 27.8 Å². The van der Waals surface area contributed by atoms with Gasteiger partial charge in [-0.3, -0.25) is 4.79 Å². The molecule has 0 spiro atoms. The number of carbonyl (C=O) groups is 1. The Labute approximate surface area is 120 Å². The highest BCUT2D eigenvalue weighted by molar-refractivity contribution is 9.10. The predicted molar refractivity (Wildman–Crippen MR) is 76.9 cm³/mol. The van der Waals surface area contributed by atoms with E-state index >= 15 is 0 Å². The maximum atomic E-state index is 11.7. The average molecular weight is 348 g/mol. The fourth-order valence-electron chi connectivity index (χ4n) is 1.29. The summed E-state index contributed by atoms with van der Waals surface area (Å²) in [5.41, 5.74) is 6.02. The number of sulfonamides is 1. The molecule has 0 saturated heterocycles. The van der Waals surface area contributed by atoms with Gasteiger partial charge in [-0.25, -0.2) is 13.6 Å². The molecule has 1 amide bonds. The fraction of sp³-hybridized carbons (Fsp3) is 0.182. The van der Waals surface area contributed by atoms with Crippen molar-refractivity contribution in [1.82, 2.24) is 0 Å². The van der Waals surface area contributed by atoms with Crippen molar-refractivity contribution >= 4 is 37.5 Å².